The minimum atomic E-state index is -0.0678. The molecule has 1 heterocycles. The normalized spacial score (nSPS) is 13.9. The lowest BCUT2D eigenvalue weighted by Gasteiger charge is -2.24. The van der Waals surface area contributed by atoms with E-state index < -0.39 is 0 Å². The summed E-state index contributed by atoms with van der Waals surface area (Å²) in [5, 5.41) is 7.47. The average molecular weight is 239 g/mol. The predicted molar refractivity (Wildman–Crippen MR) is 70.1 cm³/mol. The third-order valence-corrected chi connectivity index (χ3v) is 2.80. The summed E-state index contributed by atoms with van der Waals surface area (Å²) >= 11 is 0. The molecular weight excluding hydrogens is 214 g/mol. The van der Waals surface area contributed by atoms with Crippen LogP contribution in [-0.2, 0) is 18.2 Å². The maximum absolute atomic E-state index is 5.80. The second-order valence-electron chi connectivity index (χ2n) is 5.39. The molecule has 1 aromatic rings. The van der Waals surface area contributed by atoms with E-state index >= 15 is 0 Å². The SMILES string of the molecule is CNC(CCc1ccnn1C)COC(C)(C)C. The highest BCUT2D eigenvalue weighted by Gasteiger charge is 2.14. The van der Waals surface area contributed by atoms with Gasteiger partial charge in [-0.1, -0.05) is 0 Å². The monoisotopic (exact) mass is 239 g/mol. The van der Waals surface area contributed by atoms with Crippen molar-refractivity contribution in [3.63, 3.8) is 0 Å². The molecule has 0 aliphatic carbocycles. The van der Waals surface area contributed by atoms with E-state index in [0.29, 0.717) is 6.04 Å². The zero-order valence-corrected chi connectivity index (χ0v) is 11.7. The summed E-state index contributed by atoms with van der Waals surface area (Å²) in [6.45, 7) is 7.00. The van der Waals surface area contributed by atoms with Gasteiger partial charge in [-0.2, -0.15) is 5.10 Å². The Kier molecular flexibility index (Phi) is 5.15. The maximum Gasteiger partial charge on any atom is 0.0626 e. The molecule has 4 heteroatoms. The molecule has 0 aliphatic heterocycles. The fourth-order valence-corrected chi connectivity index (χ4v) is 1.63. The zero-order chi connectivity index (χ0) is 12.9. The lowest BCUT2D eigenvalue weighted by molar-refractivity contribution is -0.0144. The summed E-state index contributed by atoms with van der Waals surface area (Å²) in [5.74, 6) is 0. The zero-order valence-electron chi connectivity index (χ0n) is 11.7. The molecule has 1 rings (SSSR count). The second kappa shape index (κ2) is 6.17. The van der Waals surface area contributed by atoms with E-state index in [-0.39, 0.29) is 5.60 Å². The Morgan fingerprint density at radius 3 is 2.65 bits per heavy atom. The van der Waals surface area contributed by atoms with E-state index in [1.165, 1.54) is 5.69 Å². The van der Waals surface area contributed by atoms with Gasteiger partial charge in [-0.3, -0.25) is 4.68 Å². The van der Waals surface area contributed by atoms with Crippen molar-refractivity contribution in [2.24, 2.45) is 7.05 Å². The van der Waals surface area contributed by atoms with Gasteiger partial charge in [-0.25, -0.2) is 0 Å². The molecule has 1 atom stereocenters. The van der Waals surface area contributed by atoms with Crippen molar-refractivity contribution in [3.8, 4) is 0 Å². The topological polar surface area (TPSA) is 39.1 Å². The number of rotatable bonds is 6. The highest BCUT2D eigenvalue weighted by atomic mass is 16.5. The first-order valence-electron chi connectivity index (χ1n) is 6.20. The highest BCUT2D eigenvalue weighted by Crippen LogP contribution is 2.10. The van der Waals surface area contributed by atoms with Crippen LogP contribution in [0.4, 0.5) is 0 Å². The molecule has 0 spiro atoms. The van der Waals surface area contributed by atoms with E-state index in [0.717, 1.165) is 19.4 Å². The summed E-state index contributed by atoms with van der Waals surface area (Å²) in [5.41, 5.74) is 1.20. The van der Waals surface area contributed by atoms with Gasteiger partial charge in [0.2, 0.25) is 0 Å². The number of hydrogen-bond acceptors (Lipinski definition) is 3. The summed E-state index contributed by atoms with van der Waals surface area (Å²) in [4.78, 5) is 0. The molecule has 1 unspecified atom stereocenters. The van der Waals surface area contributed by atoms with Gasteiger partial charge in [0.15, 0.2) is 0 Å². The smallest absolute Gasteiger partial charge is 0.0626 e. The Bertz CT molecular complexity index is 328. The Balaban J connectivity index is 2.35. The van der Waals surface area contributed by atoms with E-state index in [1.54, 1.807) is 0 Å². The fourth-order valence-electron chi connectivity index (χ4n) is 1.63. The molecular formula is C13H25N3O. The summed E-state index contributed by atoms with van der Waals surface area (Å²) in [6, 6.07) is 2.46. The van der Waals surface area contributed by atoms with Crippen molar-refractivity contribution in [1.29, 1.82) is 0 Å². The molecule has 0 radical (unpaired) electrons. The van der Waals surface area contributed by atoms with E-state index in [9.17, 15) is 0 Å². The summed E-state index contributed by atoms with van der Waals surface area (Å²) < 4.78 is 7.73. The van der Waals surface area contributed by atoms with Crippen LogP contribution in [0.2, 0.25) is 0 Å². The molecule has 0 bridgehead atoms. The lowest BCUT2D eigenvalue weighted by Crippen LogP contribution is -2.34. The third-order valence-electron chi connectivity index (χ3n) is 2.80. The van der Waals surface area contributed by atoms with Crippen LogP contribution in [0.25, 0.3) is 0 Å². The molecule has 98 valence electrons. The number of aryl methyl sites for hydroxylation is 2. The molecule has 4 nitrogen and oxygen atoms in total. The van der Waals surface area contributed by atoms with Gasteiger partial charge in [0.05, 0.1) is 12.2 Å². The standard InChI is InChI=1S/C13H25N3O/c1-13(2,3)17-10-11(14-4)6-7-12-8-9-15-16(12)5/h8-9,11,14H,6-7,10H2,1-5H3. The third kappa shape index (κ3) is 5.33. The average Bonchev–Trinajstić information content (AvgIpc) is 2.63. The molecule has 1 aromatic heterocycles. The van der Waals surface area contributed by atoms with Crippen molar-refractivity contribution in [2.75, 3.05) is 13.7 Å². The number of ether oxygens (including phenoxy) is 1. The molecule has 17 heavy (non-hydrogen) atoms. The Labute approximate surface area is 104 Å². The Morgan fingerprint density at radius 1 is 1.47 bits per heavy atom. The van der Waals surface area contributed by atoms with E-state index in [1.807, 2.05) is 25.0 Å². The molecule has 0 aliphatic rings. The quantitative estimate of drug-likeness (QED) is 0.822. The summed E-state index contributed by atoms with van der Waals surface area (Å²) in [6.07, 6.45) is 3.93. The van der Waals surface area contributed by atoms with Gasteiger partial charge in [-0.15, -0.1) is 0 Å². The van der Waals surface area contributed by atoms with Gasteiger partial charge in [-0.05, 0) is 46.7 Å². The van der Waals surface area contributed by atoms with Gasteiger partial charge in [0, 0.05) is 25.0 Å². The van der Waals surface area contributed by atoms with Crippen molar-refractivity contribution in [2.45, 2.75) is 45.3 Å². The van der Waals surface area contributed by atoms with Crippen LogP contribution in [0.1, 0.15) is 32.9 Å². The first-order chi connectivity index (χ1) is 7.92. The van der Waals surface area contributed by atoms with E-state index in [2.05, 4.69) is 37.3 Å². The maximum atomic E-state index is 5.80. The molecule has 0 fully saturated rings. The Morgan fingerprint density at radius 2 is 2.18 bits per heavy atom. The van der Waals surface area contributed by atoms with Gasteiger partial charge < -0.3 is 10.1 Å². The minimum absolute atomic E-state index is 0.0678. The number of nitrogens with zero attached hydrogens (tertiary/aromatic N) is 2. The van der Waals surface area contributed by atoms with Crippen LogP contribution in [0.3, 0.4) is 0 Å². The fraction of sp³-hybridized carbons (Fsp3) is 0.769. The number of nitrogens with one attached hydrogen (secondary N) is 1. The van der Waals surface area contributed by atoms with Crippen LogP contribution in [0.5, 0.6) is 0 Å². The van der Waals surface area contributed by atoms with Crippen molar-refractivity contribution >= 4 is 0 Å². The molecule has 0 aromatic carbocycles. The number of hydrogen-bond donors (Lipinski definition) is 1. The second-order valence-corrected chi connectivity index (χ2v) is 5.39. The minimum Gasteiger partial charge on any atom is -0.374 e. The number of aromatic nitrogens is 2. The van der Waals surface area contributed by atoms with Gasteiger partial charge >= 0.3 is 0 Å². The van der Waals surface area contributed by atoms with E-state index in [4.69, 9.17) is 4.74 Å². The summed E-state index contributed by atoms with van der Waals surface area (Å²) in [7, 11) is 3.97. The van der Waals surface area contributed by atoms with Crippen LogP contribution < -0.4 is 5.32 Å². The van der Waals surface area contributed by atoms with Crippen LogP contribution in [0, 0.1) is 0 Å². The van der Waals surface area contributed by atoms with Gasteiger partial charge in [0.25, 0.3) is 0 Å². The molecule has 0 amide bonds. The van der Waals surface area contributed by atoms with Crippen LogP contribution in [-0.4, -0.2) is 35.1 Å². The Hall–Kier alpha value is -0.870. The lowest BCUT2D eigenvalue weighted by atomic mass is 10.1. The molecule has 0 saturated heterocycles. The first-order valence-corrected chi connectivity index (χ1v) is 6.20. The molecule has 1 N–H and O–H groups in total. The first kappa shape index (κ1) is 14.2. The predicted octanol–water partition coefficient (Wildman–Crippen LogP) is 1.76. The number of likely N-dealkylation sites (N-methyl/N-ethyl adjacent to an activating group) is 1. The largest absolute Gasteiger partial charge is 0.374 e. The van der Waals surface area contributed by atoms with Crippen molar-refractivity contribution in [3.05, 3.63) is 18.0 Å². The van der Waals surface area contributed by atoms with Crippen molar-refractivity contribution < 1.29 is 4.74 Å². The molecule has 0 saturated carbocycles. The van der Waals surface area contributed by atoms with Crippen molar-refractivity contribution in [1.82, 2.24) is 15.1 Å². The van der Waals surface area contributed by atoms with Crippen LogP contribution >= 0.6 is 0 Å². The van der Waals surface area contributed by atoms with Gasteiger partial charge in [0.1, 0.15) is 0 Å². The van der Waals surface area contributed by atoms with Crippen LogP contribution in [0.15, 0.2) is 12.3 Å². The highest BCUT2D eigenvalue weighted by molar-refractivity contribution is 5.00.